The molecular weight excluding hydrogens is 368 g/mol. The van der Waals surface area contributed by atoms with Crippen molar-refractivity contribution >= 4 is 22.9 Å². The number of pyridine rings is 1. The summed E-state index contributed by atoms with van der Waals surface area (Å²) in [5.74, 6) is -0.0780. The summed E-state index contributed by atoms with van der Waals surface area (Å²) in [5, 5.41) is 23.7. The molecule has 8 heteroatoms. The van der Waals surface area contributed by atoms with E-state index in [1.165, 1.54) is 0 Å². The van der Waals surface area contributed by atoms with Crippen molar-refractivity contribution in [2.24, 2.45) is 0 Å². The smallest absolute Gasteiger partial charge is 0.289 e. The van der Waals surface area contributed by atoms with Gasteiger partial charge in [-0.15, -0.1) is 0 Å². The van der Waals surface area contributed by atoms with E-state index in [1.807, 2.05) is 19.1 Å². The van der Waals surface area contributed by atoms with Crippen molar-refractivity contribution in [3.8, 4) is 5.75 Å². The Bertz CT molecular complexity index is 856. The summed E-state index contributed by atoms with van der Waals surface area (Å²) in [6, 6.07) is 10.7. The predicted molar refractivity (Wildman–Crippen MR) is 100 cm³/mol. The summed E-state index contributed by atoms with van der Waals surface area (Å²) in [4.78, 5) is 21.1. The van der Waals surface area contributed by atoms with Gasteiger partial charge in [0.25, 0.3) is 11.1 Å². The standard InChI is InChI=1S/C19H20N2O5S/c1-2-13-3-6-15(21(25)12-13)9-10-26-16-7-4-14(5-8-16)11-19(24)17(22)20-18(23)27-19/h3-8,12,24H,2,9-11H2,1H3,(H,20,22,23). The van der Waals surface area contributed by atoms with Gasteiger partial charge < -0.3 is 15.1 Å². The molecule has 1 aromatic carbocycles. The number of imide groups is 1. The number of carbonyl (C=O) groups is 2. The van der Waals surface area contributed by atoms with E-state index in [2.05, 4.69) is 5.32 Å². The number of aromatic nitrogens is 1. The summed E-state index contributed by atoms with van der Waals surface area (Å²) >= 11 is 0.583. The van der Waals surface area contributed by atoms with E-state index in [0.717, 1.165) is 16.7 Å². The summed E-state index contributed by atoms with van der Waals surface area (Å²) in [5.41, 5.74) is 2.33. The first-order chi connectivity index (χ1) is 12.9. The molecule has 1 aliphatic rings. The average molecular weight is 388 g/mol. The predicted octanol–water partition coefficient (Wildman–Crippen LogP) is 1.72. The minimum absolute atomic E-state index is 0.0233. The van der Waals surface area contributed by atoms with Crippen molar-refractivity contribution in [3.05, 3.63) is 64.6 Å². The van der Waals surface area contributed by atoms with E-state index < -0.39 is 16.1 Å². The van der Waals surface area contributed by atoms with Gasteiger partial charge in [0, 0.05) is 18.1 Å². The largest absolute Gasteiger partial charge is 0.618 e. The topological polar surface area (TPSA) is 103 Å². The molecule has 1 saturated heterocycles. The number of nitrogens with zero attached hydrogens (tertiary/aromatic N) is 1. The van der Waals surface area contributed by atoms with Crippen molar-refractivity contribution in [1.29, 1.82) is 0 Å². The molecule has 0 spiro atoms. The molecule has 0 aliphatic carbocycles. The number of nitrogens with one attached hydrogen (secondary N) is 1. The van der Waals surface area contributed by atoms with Crippen molar-refractivity contribution in [1.82, 2.24) is 5.32 Å². The summed E-state index contributed by atoms with van der Waals surface area (Å²) in [6.07, 6.45) is 2.90. The van der Waals surface area contributed by atoms with Gasteiger partial charge in [0.1, 0.15) is 5.75 Å². The van der Waals surface area contributed by atoms with Crippen LogP contribution in [0.5, 0.6) is 5.75 Å². The summed E-state index contributed by atoms with van der Waals surface area (Å²) < 4.78 is 6.53. The molecular formula is C19H20N2O5S. The molecule has 1 fully saturated rings. The Labute approximate surface area is 160 Å². The third kappa shape index (κ3) is 4.58. The van der Waals surface area contributed by atoms with Crippen LogP contribution in [0, 0.1) is 5.21 Å². The number of benzene rings is 1. The first-order valence-corrected chi connectivity index (χ1v) is 9.41. The highest BCUT2D eigenvalue weighted by Gasteiger charge is 2.46. The van der Waals surface area contributed by atoms with E-state index in [4.69, 9.17) is 4.74 Å². The molecule has 3 rings (SSSR count). The molecule has 0 radical (unpaired) electrons. The Morgan fingerprint density at radius 2 is 1.89 bits per heavy atom. The molecule has 0 saturated carbocycles. The van der Waals surface area contributed by atoms with Crippen LogP contribution in [0.4, 0.5) is 4.79 Å². The zero-order chi connectivity index (χ0) is 19.4. The van der Waals surface area contributed by atoms with E-state index in [1.54, 1.807) is 30.5 Å². The molecule has 2 heterocycles. The highest BCUT2D eigenvalue weighted by molar-refractivity contribution is 8.15. The lowest BCUT2D eigenvalue weighted by atomic mass is 10.1. The number of aryl methyl sites for hydroxylation is 1. The Balaban J connectivity index is 1.54. The zero-order valence-corrected chi connectivity index (χ0v) is 15.6. The molecule has 7 nitrogen and oxygen atoms in total. The third-order valence-corrected chi connectivity index (χ3v) is 5.25. The van der Waals surface area contributed by atoms with Gasteiger partial charge in [-0.1, -0.05) is 19.1 Å². The van der Waals surface area contributed by atoms with Crippen molar-refractivity contribution in [3.63, 3.8) is 0 Å². The van der Waals surface area contributed by atoms with Crippen LogP contribution in [-0.4, -0.2) is 27.8 Å². The van der Waals surface area contributed by atoms with Crippen LogP contribution in [0.3, 0.4) is 0 Å². The molecule has 142 valence electrons. The van der Waals surface area contributed by atoms with Crippen LogP contribution in [0.2, 0.25) is 0 Å². The molecule has 1 aliphatic heterocycles. The van der Waals surface area contributed by atoms with Gasteiger partial charge in [0.05, 0.1) is 13.0 Å². The highest BCUT2D eigenvalue weighted by atomic mass is 32.2. The van der Waals surface area contributed by atoms with Gasteiger partial charge >= 0.3 is 0 Å². The van der Waals surface area contributed by atoms with Crippen molar-refractivity contribution < 1.29 is 24.2 Å². The molecule has 2 aromatic rings. The third-order valence-electron chi connectivity index (χ3n) is 4.29. The highest BCUT2D eigenvalue weighted by Crippen LogP contribution is 2.32. The Morgan fingerprint density at radius 1 is 1.19 bits per heavy atom. The maximum atomic E-state index is 11.9. The number of ether oxygens (including phenoxy) is 1. The first kappa shape index (κ1) is 19.2. The number of amides is 2. The molecule has 27 heavy (non-hydrogen) atoms. The number of hydrogen-bond donors (Lipinski definition) is 2. The number of hydrogen-bond acceptors (Lipinski definition) is 6. The second-order valence-corrected chi connectivity index (χ2v) is 7.51. The monoisotopic (exact) mass is 388 g/mol. The Hall–Kier alpha value is -2.58. The molecule has 1 unspecified atom stereocenters. The number of aliphatic hydroxyl groups is 1. The molecule has 1 aromatic heterocycles. The fraction of sp³-hybridized carbons (Fsp3) is 0.316. The van der Waals surface area contributed by atoms with Crippen molar-refractivity contribution in [2.45, 2.75) is 31.1 Å². The Morgan fingerprint density at radius 3 is 2.48 bits per heavy atom. The van der Waals surface area contributed by atoms with Crippen LogP contribution < -0.4 is 14.8 Å². The number of carbonyl (C=O) groups excluding carboxylic acids is 2. The van der Waals surface area contributed by atoms with Crippen LogP contribution in [0.1, 0.15) is 23.7 Å². The second kappa shape index (κ2) is 7.98. The Kier molecular flexibility index (Phi) is 5.67. The van der Waals surface area contributed by atoms with E-state index in [-0.39, 0.29) is 6.42 Å². The summed E-state index contributed by atoms with van der Waals surface area (Å²) in [6.45, 7) is 2.35. The van der Waals surface area contributed by atoms with Crippen LogP contribution in [0.25, 0.3) is 0 Å². The average Bonchev–Trinajstić information content (AvgIpc) is 2.89. The molecule has 0 bridgehead atoms. The van der Waals surface area contributed by atoms with Gasteiger partial charge in [0.2, 0.25) is 4.93 Å². The fourth-order valence-electron chi connectivity index (χ4n) is 2.74. The van der Waals surface area contributed by atoms with Gasteiger partial charge in [0.15, 0.2) is 11.9 Å². The van der Waals surface area contributed by atoms with E-state index in [9.17, 15) is 19.9 Å². The first-order valence-electron chi connectivity index (χ1n) is 8.59. The summed E-state index contributed by atoms with van der Waals surface area (Å²) in [7, 11) is 0. The second-order valence-electron chi connectivity index (χ2n) is 6.26. The minimum atomic E-state index is -1.77. The van der Waals surface area contributed by atoms with E-state index >= 15 is 0 Å². The number of rotatable bonds is 7. The van der Waals surface area contributed by atoms with Crippen LogP contribution >= 0.6 is 11.8 Å². The van der Waals surface area contributed by atoms with Gasteiger partial charge in [-0.25, -0.2) is 0 Å². The van der Waals surface area contributed by atoms with Gasteiger partial charge in [-0.3, -0.25) is 14.9 Å². The normalized spacial score (nSPS) is 19.2. The maximum Gasteiger partial charge on any atom is 0.289 e. The molecule has 2 amide bonds. The van der Waals surface area contributed by atoms with Gasteiger partial charge in [-0.2, -0.15) is 4.73 Å². The fourth-order valence-corrected chi connectivity index (χ4v) is 3.57. The van der Waals surface area contributed by atoms with Crippen molar-refractivity contribution in [2.75, 3.05) is 6.61 Å². The van der Waals surface area contributed by atoms with Crippen LogP contribution in [0.15, 0.2) is 42.6 Å². The zero-order valence-electron chi connectivity index (χ0n) is 14.8. The quantitative estimate of drug-likeness (QED) is 0.553. The van der Waals surface area contributed by atoms with Crippen LogP contribution in [-0.2, 0) is 24.1 Å². The number of thioether (sulfide) groups is 1. The SMILES string of the molecule is CCc1ccc(CCOc2ccc(CC3(O)SC(=O)NC3=O)cc2)[n+]([O-])c1. The van der Waals surface area contributed by atoms with Gasteiger partial charge in [-0.05, 0) is 41.9 Å². The van der Waals surface area contributed by atoms with E-state index in [0.29, 0.717) is 41.8 Å². The lowest BCUT2D eigenvalue weighted by Crippen LogP contribution is -2.38. The lowest BCUT2D eigenvalue weighted by Gasteiger charge is -2.17. The maximum absolute atomic E-state index is 11.9. The lowest BCUT2D eigenvalue weighted by molar-refractivity contribution is -0.614. The molecule has 1 atom stereocenters. The molecule has 2 N–H and O–H groups in total. The minimum Gasteiger partial charge on any atom is -0.618 e.